The van der Waals surface area contributed by atoms with E-state index in [2.05, 4.69) is 29.6 Å². The van der Waals surface area contributed by atoms with E-state index >= 15 is 0 Å². The lowest BCUT2D eigenvalue weighted by molar-refractivity contribution is 0.287. The van der Waals surface area contributed by atoms with E-state index in [-0.39, 0.29) is 0 Å². The molecule has 3 rings (SSSR count). The van der Waals surface area contributed by atoms with Crippen molar-refractivity contribution in [1.29, 1.82) is 0 Å². The summed E-state index contributed by atoms with van der Waals surface area (Å²) in [6, 6.07) is 10.2. The smallest absolute Gasteiger partial charge is 0.161 e. The van der Waals surface area contributed by atoms with Crippen molar-refractivity contribution in [2.24, 2.45) is 0 Å². The van der Waals surface area contributed by atoms with E-state index < -0.39 is 0 Å². The molecule has 0 radical (unpaired) electrons. The Morgan fingerprint density at radius 2 is 1.34 bits per heavy atom. The number of nitrogens with one attached hydrogen (secondary N) is 1. The van der Waals surface area contributed by atoms with Crippen molar-refractivity contribution < 1.29 is 18.9 Å². The summed E-state index contributed by atoms with van der Waals surface area (Å²) in [6.45, 7) is 11.2. The highest BCUT2D eigenvalue weighted by atomic mass is 16.5. The molecule has 5 nitrogen and oxygen atoms in total. The zero-order valence-electron chi connectivity index (χ0n) is 17.8. The number of ether oxygens (including phenoxy) is 4. The first-order chi connectivity index (χ1) is 14.2. The maximum Gasteiger partial charge on any atom is 0.161 e. The molecule has 0 fully saturated rings. The fourth-order valence-electron chi connectivity index (χ4n) is 3.48. The van der Waals surface area contributed by atoms with Crippen LogP contribution in [0.2, 0.25) is 0 Å². The van der Waals surface area contributed by atoms with Gasteiger partial charge < -0.3 is 24.3 Å². The van der Waals surface area contributed by atoms with Gasteiger partial charge >= 0.3 is 0 Å². The molecule has 0 aliphatic carbocycles. The predicted octanol–water partition coefficient (Wildman–Crippen LogP) is 4.93. The summed E-state index contributed by atoms with van der Waals surface area (Å²) in [5, 5.41) is 3.53. The fourth-order valence-corrected chi connectivity index (χ4v) is 3.48. The number of fused-ring (bicyclic) bond motifs is 1. The minimum absolute atomic E-state index is 0.596. The molecule has 0 amide bonds. The highest BCUT2D eigenvalue weighted by Crippen LogP contribution is 2.36. The molecule has 0 bridgehead atoms. The molecule has 0 spiro atoms. The fraction of sp³-hybridized carbons (Fsp3) is 0.417. The highest BCUT2D eigenvalue weighted by molar-refractivity contribution is 5.84. The van der Waals surface area contributed by atoms with Crippen LogP contribution in [0.1, 0.15) is 44.4 Å². The molecule has 1 N–H and O–H groups in total. The van der Waals surface area contributed by atoms with E-state index in [0.717, 1.165) is 52.8 Å². The molecule has 156 valence electrons. The molecule has 2 aromatic carbocycles. The summed E-state index contributed by atoms with van der Waals surface area (Å²) >= 11 is 0. The molecule has 5 heteroatoms. The standard InChI is InChI=1S/C24H31NO4/c1-5-26-21-10-9-17(14-22(21)27-6-2)13-20-19-16-24(29-8-4)23(28-7-3)15-18(19)11-12-25-20/h9-10,13-16,25H,5-8,11-12H2,1-4H3/b20-13+. The van der Waals surface area contributed by atoms with Crippen LogP contribution in [0.5, 0.6) is 23.0 Å². The van der Waals surface area contributed by atoms with Crippen molar-refractivity contribution in [1.82, 2.24) is 5.32 Å². The minimum atomic E-state index is 0.596. The van der Waals surface area contributed by atoms with Gasteiger partial charge in [-0.1, -0.05) is 6.07 Å². The predicted molar refractivity (Wildman–Crippen MR) is 117 cm³/mol. The molecule has 0 atom stereocenters. The number of benzene rings is 2. The van der Waals surface area contributed by atoms with Crippen molar-refractivity contribution >= 4 is 11.8 Å². The maximum absolute atomic E-state index is 5.83. The van der Waals surface area contributed by atoms with Gasteiger partial charge in [-0.2, -0.15) is 0 Å². The van der Waals surface area contributed by atoms with E-state index in [1.807, 2.05) is 39.8 Å². The van der Waals surface area contributed by atoms with Gasteiger partial charge in [-0.3, -0.25) is 0 Å². The normalized spacial score (nSPS) is 14.1. The second kappa shape index (κ2) is 10.1. The molecule has 0 saturated heterocycles. The monoisotopic (exact) mass is 397 g/mol. The molecule has 2 aromatic rings. The third kappa shape index (κ3) is 4.97. The molecular weight excluding hydrogens is 366 g/mol. The van der Waals surface area contributed by atoms with E-state index in [1.54, 1.807) is 0 Å². The van der Waals surface area contributed by atoms with Gasteiger partial charge in [-0.05, 0) is 75.6 Å². The lowest BCUT2D eigenvalue weighted by Crippen LogP contribution is -2.22. The summed E-state index contributed by atoms with van der Waals surface area (Å²) in [5.74, 6) is 3.13. The van der Waals surface area contributed by atoms with Crippen LogP contribution in [0, 0.1) is 0 Å². The van der Waals surface area contributed by atoms with Crippen LogP contribution in [0.3, 0.4) is 0 Å². The van der Waals surface area contributed by atoms with Crippen molar-refractivity contribution in [2.75, 3.05) is 33.0 Å². The van der Waals surface area contributed by atoms with Gasteiger partial charge in [-0.15, -0.1) is 0 Å². The molecule has 1 aliphatic rings. The molecule has 0 unspecified atom stereocenters. The average molecular weight is 398 g/mol. The van der Waals surface area contributed by atoms with E-state index in [0.29, 0.717) is 26.4 Å². The molecule has 1 aliphatic heterocycles. The zero-order chi connectivity index (χ0) is 20.6. The van der Waals surface area contributed by atoms with Gasteiger partial charge in [0.05, 0.1) is 26.4 Å². The van der Waals surface area contributed by atoms with E-state index in [1.165, 1.54) is 5.56 Å². The maximum atomic E-state index is 5.83. The van der Waals surface area contributed by atoms with Crippen molar-refractivity contribution in [3.8, 4) is 23.0 Å². The van der Waals surface area contributed by atoms with Gasteiger partial charge in [0.15, 0.2) is 23.0 Å². The largest absolute Gasteiger partial charge is 0.490 e. The molecule has 0 saturated carbocycles. The van der Waals surface area contributed by atoms with Gasteiger partial charge in [0.25, 0.3) is 0 Å². The topological polar surface area (TPSA) is 49.0 Å². The Hall–Kier alpha value is -2.82. The Bertz CT molecular complexity index is 860. The van der Waals surface area contributed by atoms with Crippen LogP contribution in [0.15, 0.2) is 30.3 Å². The van der Waals surface area contributed by atoms with Gasteiger partial charge in [0.2, 0.25) is 0 Å². The summed E-state index contributed by atoms with van der Waals surface area (Å²) in [7, 11) is 0. The van der Waals surface area contributed by atoms with Crippen LogP contribution in [0.4, 0.5) is 0 Å². The first-order valence-electron chi connectivity index (χ1n) is 10.5. The Morgan fingerprint density at radius 1 is 0.759 bits per heavy atom. The second-order valence-electron chi connectivity index (χ2n) is 6.63. The van der Waals surface area contributed by atoms with Crippen molar-refractivity contribution in [3.63, 3.8) is 0 Å². The first kappa shape index (κ1) is 20.9. The molecule has 0 aromatic heterocycles. The summed E-state index contributed by atoms with van der Waals surface area (Å²) in [5.41, 5.74) is 4.54. The Labute approximate surface area is 173 Å². The Kier molecular flexibility index (Phi) is 7.28. The summed E-state index contributed by atoms with van der Waals surface area (Å²) < 4.78 is 23.1. The molecule has 1 heterocycles. The van der Waals surface area contributed by atoms with Gasteiger partial charge in [0.1, 0.15) is 0 Å². The summed E-state index contributed by atoms with van der Waals surface area (Å²) in [4.78, 5) is 0. The van der Waals surface area contributed by atoms with Crippen molar-refractivity contribution in [2.45, 2.75) is 34.1 Å². The Morgan fingerprint density at radius 3 is 2.00 bits per heavy atom. The molecule has 29 heavy (non-hydrogen) atoms. The third-order valence-electron chi connectivity index (χ3n) is 4.65. The van der Waals surface area contributed by atoms with Crippen LogP contribution in [-0.4, -0.2) is 33.0 Å². The Balaban J connectivity index is 1.99. The first-order valence-corrected chi connectivity index (χ1v) is 10.5. The minimum Gasteiger partial charge on any atom is -0.490 e. The SMILES string of the molecule is CCOc1ccc(/C=C2/NCCc3cc(OCC)c(OCC)cc32)cc1OCC. The van der Waals surface area contributed by atoms with E-state index in [9.17, 15) is 0 Å². The lowest BCUT2D eigenvalue weighted by Gasteiger charge is -2.24. The van der Waals surface area contributed by atoms with Gasteiger partial charge in [-0.25, -0.2) is 0 Å². The van der Waals surface area contributed by atoms with Crippen molar-refractivity contribution in [3.05, 3.63) is 47.0 Å². The van der Waals surface area contributed by atoms with Crippen LogP contribution in [0.25, 0.3) is 11.8 Å². The quantitative estimate of drug-likeness (QED) is 0.650. The zero-order valence-corrected chi connectivity index (χ0v) is 17.8. The van der Waals surface area contributed by atoms with Crippen LogP contribution in [-0.2, 0) is 6.42 Å². The number of hydrogen-bond donors (Lipinski definition) is 1. The number of rotatable bonds is 9. The van der Waals surface area contributed by atoms with Gasteiger partial charge in [0, 0.05) is 17.8 Å². The lowest BCUT2D eigenvalue weighted by atomic mass is 9.96. The average Bonchev–Trinajstić information content (AvgIpc) is 2.71. The second-order valence-corrected chi connectivity index (χ2v) is 6.63. The van der Waals surface area contributed by atoms with Crippen LogP contribution < -0.4 is 24.3 Å². The number of hydrogen-bond acceptors (Lipinski definition) is 5. The highest BCUT2D eigenvalue weighted by Gasteiger charge is 2.19. The summed E-state index contributed by atoms with van der Waals surface area (Å²) in [6.07, 6.45) is 3.10. The third-order valence-corrected chi connectivity index (χ3v) is 4.65. The van der Waals surface area contributed by atoms with E-state index in [4.69, 9.17) is 18.9 Å². The molecular formula is C24H31NO4. The van der Waals surface area contributed by atoms with Crippen LogP contribution >= 0.6 is 0 Å².